The predicted octanol–water partition coefficient (Wildman–Crippen LogP) is 3.00. The molecule has 2 heteroatoms. The van der Waals surface area contributed by atoms with Gasteiger partial charge in [-0.1, -0.05) is 19.3 Å². The minimum absolute atomic E-state index is 0.349. The third-order valence-corrected chi connectivity index (χ3v) is 3.76. The largest absolute Gasteiger partial charge is 0.303 e. The van der Waals surface area contributed by atoms with Gasteiger partial charge in [-0.05, 0) is 38.8 Å². The van der Waals surface area contributed by atoms with Crippen molar-refractivity contribution in [3.63, 3.8) is 0 Å². The van der Waals surface area contributed by atoms with Crippen LogP contribution in [-0.4, -0.2) is 30.7 Å². The molecule has 1 saturated carbocycles. The molecule has 0 amide bonds. The Morgan fingerprint density at radius 1 is 0.929 bits per heavy atom. The molecule has 0 radical (unpaired) electrons. The second kappa shape index (κ2) is 5.11. The Morgan fingerprint density at radius 3 is 2.36 bits per heavy atom. The van der Waals surface area contributed by atoms with E-state index in [4.69, 9.17) is 0 Å². The number of nitrogens with zero attached hydrogens (tertiary/aromatic N) is 1. The third kappa shape index (κ3) is 2.69. The molecule has 82 valence electrons. The summed E-state index contributed by atoms with van der Waals surface area (Å²) < 4.78 is 13.6. The van der Waals surface area contributed by atoms with Crippen LogP contribution in [0.2, 0.25) is 0 Å². The fourth-order valence-corrected chi connectivity index (χ4v) is 2.84. The lowest BCUT2D eigenvalue weighted by atomic mass is 9.87. The lowest BCUT2D eigenvalue weighted by molar-refractivity contribution is 0.105. The van der Waals surface area contributed by atoms with Gasteiger partial charge in [0.2, 0.25) is 0 Å². The topological polar surface area (TPSA) is 3.24 Å². The van der Waals surface area contributed by atoms with Crippen molar-refractivity contribution in [2.45, 2.75) is 51.1 Å². The van der Waals surface area contributed by atoms with Crippen molar-refractivity contribution in [3.8, 4) is 0 Å². The Bertz CT molecular complexity index is 166. The average molecular weight is 199 g/mol. The highest BCUT2D eigenvalue weighted by atomic mass is 19.1. The standard InChI is InChI=1S/C12H22FN/c13-12-7-3-2-6-11(12)10-14-8-4-1-5-9-14/h11-12H,1-10H2. The summed E-state index contributed by atoms with van der Waals surface area (Å²) in [5, 5.41) is 0. The highest BCUT2D eigenvalue weighted by Crippen LogP contribution is 2.28. The quantitative estimate of drug-likeness (QED) is 0.661. The predicted molar refractivity (Wildman–Crippen MR) is 57.1 cm³/mol. The Morgan fingerprint density at radius 2 is 1.64 bits per heavy atom. The highest BCUT2D eigenvalue weighted by molar-refractivity contribution is 4.78. The molecule has 0 aromatic carbocycles. The lowest BCUT2D eigenvalue weighted by Gasteiger charge is -2.33. The molecule has 1 nitrogen and oxygen atoms in total. The minimum Gasteiger partial charge on any atom is -0.303 e. The molecule has 2 rings (SSSR count). The zero-order valence-corrected chi connectivity index (χ0v) is 9.05. The lowest BCUT2D eigenvalue weighted by Crippen LogP contribution is -2.38. The number of hydrogen-bond donors (Lipinski definition) is 0. The molecule has 0 spiro atoms. The van der Waals surface area contributed by atoms with Crippen LogP contribution in [-0.2, 0) is 0 Å². The van der Waals surface area contributed by atoms with E-state index in [-0.39, 0.29) is 0 Å². The Balaban J connectivity index is 1.76. The van der Waals surface area contributed by atoms with E-state index in [0.29, 0.717) is 5.92 Å². The molecule has 2 aliphatic rings. The SMILES string of the molecule is FC1CCCCC1CN1CCCCC1. The van der Waals surface area contributed by atoms with Gasteiger partial charge in [-0.2, -0.15) is 0 Å². The second-order valence-corrected chi connectivity index (χ2v) is 4.92. The number of halogens is 1. The van der Waals surface area contributed by atoms with E-state index < -0.39 is 6.17 Å². The fraction of sp³-hybridized carbons (Fsp3) is 1.00. The van der Waals surface area contributed by atoms with Crippen molar-refractivity contribution in [1.82, 2.24) is 4.90 Å². The zero-order chi connectivity index (χ0) is 9.80. The van der Waals surface area contributed by atoms with Crippen LogP contribution < -0.4 is 0 Å². The molecule has 14 heavy (non-hydrogen) atoms. The van der Waals surface area contributed by atoms with Gasteiger partial charge in [-0.15, -0.1) is 0 Å². The van der Waals surface area contributed by atoms with Gasteiger partial charge in [0.25, 0.3) is 0 Å². The summed E-state index contributed by atoms with van der Waals surface area (Å²) in [6.07, 6.45) is 7.81. The Kier molecular flexibility index (Phi) is 3.80. The van der Waals surface area contributed by atoms with Gasteiger partial charge in [0.05, 0.1) is 0 Å². The van der Waals surface area contributed by atoms with E-state index in [2.05, 4.69) is 4.90 Å². The summed E-state index contributed by atoms with van der Waals surface area (Å²) >= 11 is 0. The Labute approximate surface area is 86.7 Å². The molecule has 2 unspecified atom stereocenters. The normalized spacial score (nSPS) is 35.8. The molecule has 0 aromatic rings. The zero-order valence-electron chi connectivity index (χ0n) is 9.05. The van der Waals surface area contributed by atoms with Crippen LogP contribution in [0.4, 0.5) is 4.39 Å². The van der Waals surface area contributed by atoms with Crippen molar-refractivity contribution < 1.29 is 4.39 Å². The molecule has 1 heterocycles. The number of likely N-dealkylation sites (tertiary alicyclic amines) is 1. The van der Waals surface area contributed by atoms with Crippen LogP contribution in [0, 0.1) is 5.92 Å². The van der Waals surface area contributed by atoms with Gasteiger partial charge in [0.1, 0.15) is 6.17 Å². The van der Waals surface area contributed by atoms with Crippen LogP contribution >= 0.6 is 0 Å². The Hall–Kier alpha value is -0.110. The van der Waals surface area contributed by atoms with Gasteiger partial charge in [0.15, 0.2) is 0 Å². The summed E-state index contributed by atoms with van der Waals surface area (Å²) in [6, 6.07) is 0. The van der Waals surface area contributed by atoms with Crippen LogP contribution in [0.5, 0.6) is 0 Å². The summed E-state index contributed by atoms with van der Waals surface area (Å²) in [5.41, 5.74) is 0. The maximum Gasteiger partial charge on any atom is 0.104 e. The molecule has 0 bridgehead atoms. The smallest absolute Gasteiger partial charge is 0.104 e. The first kappa shape index (κ1) is 10.4. The number of hydrogen-bond acceptors (Lipinski definition) is 1. The summed E-state index contributed by atoms with van der Waals surface area (Å²) in [5.74, 6) is 0.349. The first-order valence-corrected chi connectivity index (χ1v) is 6.22. The maximum atomic E-state index is 13.6. The number of alkyl halides is 1. The van der Waals surface area contributed by atoms with Gasteiger partial charge in [-0.3, -0.25) is 0 Å². The van der Waals surface area contributed by atoms with E-state index in [1.807, 2.05) is 0 Å². The van der Waals surface area contributed by atoms with Crippen molar-refractivity contribution in [2.24, 2.45) is 5.92 Å². The summed E-state index contributed by atoms with van der Waals surface area (Å²) in [6.45, 7) is 3.45. The molecular weight excluding hydrogens is 177 g/mol. The van der Waals surface area contributed by atoms with Gasteiger partial charge in [-0.25, -0.2) is 4.39 Å². The van der Waals surface area contributed by atoms with Crippen molar-refractivity contribution in [1.29, 1.82) is 0 Å². The first-order chi connectivity index (χ1) is 6.86. The van der Waals surface area contributed by atoms with E-state index in [1.165, 1.54) is 38.8 Å². The van der Waals surface area contributed by atoms with E-state index >= 15 is 0 Å². The van der Waals surface area contributed by atoms with Gasteiger partial charge >= 0.3 is 0 Å². The number of piperidine rings is 1. The monoisotopic (exact) mass is 199 g/mol. The maximum absolute atomic E-state index is 13.6. The summed E-state index contributed by atoms with van der Waals surface area (Å²) in [4.78, 5) is 2.48. The van der Waals surface area contributed by atoms with E-state index in [0.717, 1.165) is 25.8 Å². The van der Waals surface area contributed by atoms with Crippen LogP contribution in [0.15, 0.2) is 0 Å². The molecule has 0 aromatic heterocycles. The van der Waals surface area contributed by atoms with Crippen LogP contribution in [0.1, 0.15) is 44.9 Å². The molecule has 1 saturated heterocycles. The van der Waals surface area contributed by atoms with Crippen LogP contribution in [0.25, 0.3) is 0 Å². The average Bonchev–Trinajstić information content (AvgIpc) is 2.23. The fourth-order valence-electron chi connectivity index (χ4n) is 2.84. The van der Waals surface area contributed by atoms with Crippen molar-refractivity contribution in [2.75, 3.05) is 19.6 Å². The molecule has 1 aliphatic carbocycles. The molecule has 0 N–H and O–H groups in total. The number of rotatable bonds is 2. The third-order valence-electron chi connectivity index (χ3n) is 3.76. The van der Waals surface area contributed by atoms with Crippen LogP contribution in [0.3, 0.4) is 0 Å². The van der Waals surface area contributed by atoms with Crippen molar-refractivity contribution in [3.05, 3.63) is 0 Å². The van der Waals surface area contributed by atoms with E-state index in [1.54, 1.807) is 0 Å². The summed E-state index contributed by atoms with van der Waals surface area (Å²) in [7, 11) is 0. The van der Waals surface area contributed by atoms with Gasteiger partial charge < -0.3 is 4.90 Å². The minimum atomic E-state index is -0.509. The van der Waals surface area contributed by atoms with Crippen molar-refractivity contribution >= 4 is 0 Å². The molecule has 1 aliphatic heterocycles. The molecule has 2 fully saturated rings. The molecular formula is C12H22FN. The van der Waals surface area contributed by atoms with E-state index in [9.17, 15) is 4.39 Å². The second-order valence-electron chi connectivity index (χ2n) is 4.92. The van der Waals surface area contributed by atoms with Gasteiger partial charge in [0, 0.05) is 12.5 Å². The first-order valence-electron chi connectivity index (χ1n) is 6.22. The molecule has 2 atom stereocenters. The highest BCUT2D eigenvalue weighted by Gasteiger charge is 2.26.